The number of hydrogen-bond donors (Lipinski definition) is 2. The van der Waals surface area contributed by atoms with Gasteiger partial charge in [-0.3, -0.25) is 19.7 Å². The van der Waals surface area contributed by atoms with Crippen molar-refractivity contribution >= 4 is 34.9 Å². The molecule has 0 aromatic heterocycles. The van der Waals surface area contributed by atoms with Crippen LogP contribution >= 0.6 is 11.6 Å². The second-order valence-electron chi connectivity index (χ2n) is 5.25. The molecule has 1 saturated heterocycles. The van der Waals surface area contributed by atoms with Crippen molar-refractivity contribution in [2.75, 3.05) is 5.32 Å². The Morgan fingerprint density at radius 3 is 2.52 bits per heavy atom. The van der Waals surface area contributed by atoms with Gasteiger partial charge in [0.05, 0.1) is 23.0 Å². The highest BCUT2D eigenvalue weighted by Crippen LogP contribution is 2.40. The van der Waals surface area contributed by atoms with Crippen LogP contribution in [0.2, 0.25) is 5.02 Å². The molecule has 120 valence electrons. The number of nitrogens with one attached hydrogen (secondary N) is 1. The fraction of sp³-hybridized carbons (Fsp3) is 0.286. The molecular formula is C14H11ClN2O6. The van der Waals surface area contributed by atoms with Gasteiger partial charge in [-0.05, 0) is 12.1 Å². The maximum atomic E-state index is 12.4. The molecule has 1 fully saturated rings. The van der Waals surface area contributed by atoms with Crippen LogP contribution in [0.5, 0.6) is 0 Å². The Labute approximate surface area is 134 Å². The number of anilines is 1. The lowest BCUT2D eigenvalue weighted by atomic mass is 9.82. The highest BCUT2D eigenvalue weighted by molar-refractivity contribution is 6.32. The van der Waals surface area contributed by atoms with E-state index in [0.29, 0.717) is 0 Å². The standard InChI is InChI=1S/C14H11ClN2O6/c15-7-2-1-6(5-8(7)17(21)22)16-13(18)11-9-3-4-10(23-9)12(11)14(19)20/h1-5,9-12H,(H,16,18)(H,19,20). The van der Waals surface area contributed by atoms with Gasteiger partial charge in [0.25, 0.3) is 5.69 Å². The number of aliphatic carboxylic acids is 1. The summed E-state index contributed by atoms with van der Waals surface area (Å²) in [6.45, 7) is 0. The van der Waals surface area contributed by atoms with Gasteiger partial charge in [0.2, 0.25) is 5.91 Å². The fourth-order valence-electron chi connectivity index (χ4n) is 2.87. The highest BCUT2D eigenvalue weighted by Gasteiger charge is 2.53. The van der Waals surface area contributed by atoms with Crippen LogP contribution < -0.4 is 5.32 Å². The van der Waals surface area contributed by atoms with Crippen molar-refractivity contribution in [3.05, 3.63) is 45.5 Å². The number of ether oxygens (including phenoxy) is 1. The zero-order chi connectivity index (χ0) is 16.7. The maximum absolute atomic E-state index is 12.4. The third kappa shape index (κ3) is 2.66. The fourth-order valence-corrected chi connectivity index (χ4v) is 3.06. The average molecular weight is 339 g/mol. The van der Waals surface area contributed by atoms with Gasteiger partial charge in [0, 0.05) is 11.8 Å². The number of carbonyl (C=O) groups excluding carboxylic acids is 1. The molecule has 3 rings (SSSR count). The first-order chi connectivity index (χ1) is 10.9. The summed E-state index contributed by atoms with van der Waals surface area (Å²) in [6.07, 6.45) is 2.04. The summed E-state index contributed by atoms with van der Waals surface area (Å²) in [6, 6.07) is 3.83. The first-order valence-electron chi connectivity index (χ1n) is 6.70. The predicted octanol–water partition coefficient (Wildman–Crippen LogP) is 1.84. The zero-order valence-corrected chi connectivity index (χ0v) is 12.3. The number of halogens is 1. The minimum atomic E-state index is -1.12. The molecular weight excluding hydrogens is 328 g/mol. The Hall–Kier alpha value is -2.45. The second kappa shape index (κ2) is 5.64. The molecule has 2 aliphatic heterocycles. The van der Waals surface area contributed by atoms with Crippen molar-refractivity contribution in [3.8, 4) is 0 Å². The Morgan fingerprint density at radius 1 is 1.26 bits per heavy atom. The van der Waals surface area contributed by atoms with E-state index in [1.165, 1.54) is 12.1 Å². The van der Waals surface area contributed by atoms with Crippen molar-refractivity contribution in [1.29, 1.82) is 0 Å². The predicted molar refractivity (Wildman–Crippen MR) is 79.2 cm³/mol. The van der Waals surface area contributed by atoms with Gasteiger partial charge in [-0.1, -0.05) is 23.8 Å². The Bertz CT molecular complexity index is 734. The van der Waals surface area contributed by atoms with Gasteiger partial charge in [0.1, 0.15) is 10.9 Å². The first-order valence-corrected chi connectivity index (χ1v) is 7.07. The number of carboxylic acids is 1. The van der Waals surface area contributed by atoms with Crippen molar-refractivity contribution in [3.63, 3.8) is 0 Å². The van der Waals surface area contributed by atoms with Gasteiger partial charge in [-0.15, -0.1) is 0 Å². The molecule has 4 unspecified atom stereocenters. The van der Waals surface area contributed by atoms with E-state index in [9.17, 15) is 24.8 Å². The molecule has 0 aliphatic carbocycles. The lowest BCUT2D eigenvalue weighted by Gasteiger charge is -2.20. The SMILES string of the molecule is O=C(O)C1C2C=CC(O2)C1C(=O)Nc1ccc(Cl)c([N+](=O)[O-])c1. The molecule has 2 N–H and O–H groups in total. The van der Waals surface area contributed by atoms with Crippen LogP contribution in [0.25, 0.3) is 0 Å². The minimum absolute atomic E-state index is 0.0531. The van der Waals surface area contributed by atoms with E-state index in [1.807, 2.05) is 0 Å². The largest absolute Gasteiger partial charge is 0.481 e. The van der Waals surface area contributed by atoms with Crippen LogP contribution in [-0.2, 0) is 14.3 Å². The van der Waals surface area contributed by atoms with Gasteiger partial charge >= 0.3 is 5.97 Å². The van der Waals surface area contributed by atoms with Gasteiger partial charge < -0.3 is 15.2 Å². The molecule has 2 aliphatic rings. The van der Waals surface area contributed by atoms with Crippen LogP contribution in [-0.4, -0.2) is 34.1 Å². The van der Waals surface area contributed by atoms with E-state index in [-0.39, 0.29) is 16.4 Å². The van der Waals surface area contributed by atoms with E-state index in [2.05, 4.69) is 5.32 Å². The zero-order valence-electron chi connectivity index (χ0n) is 11.5. The van der Waals surface area contributed by atoms with Crippen LogP contribution in [0.15, 0.2) is 30.4 Å². The monoisotopic (exact) mass is 338 g/mol. The summed E-state index contributed by atoms with van der Waals surface area (Å²) in [5.74, 6) is -3.56. The number of rotatable bonds is 4. The first kappa shape index (κ1) is 15.4. The average Bonchev–Trinajstić information content (AvgIpc) is 3.09. The van der Waals surface area contributed by atoms with Gasteiger partial charge in [0.15, 0.2) is 0 Å². The summed E-state index contributed by atoms with van der Waals surface area (Å²) in [7, 11) is 0. The quantitative estimate of drug-likeness (QED) is 0.491. The highest BCUT2D eigenvalue weighted by atomic mass is 35.5. The molecule has 4 atom stereocenters. The Kier molecular flexibility index (Phi) is 3.78. The van der Waals surface area contributed by atoms with Gasteiger partial charge in [-0.2, -0.15) is 0 Å². The van der Waals surface area contributed by atoms with E-state index in [0.717, 1.165) is 6.07 Å². The molecule has 0 saturated carbocycles. The Balaban J connectivity index is 1.82. The summed E-state index contributed by atoms with van der Waals surface area (Å²) < 4.78 is 5.42. The third-order valence-corrected chi connectivity index (χ3v) is 4.22. The second-order valence-corrected chi connectivity index (χ2v) is 5.66. The van der Waals surface area contributed by atoms with E-state index >= 15 is 0 Å². The smallest absolute Gasteiger partial charge is 0.310 e. The molecule has 0 spiro atoms. The molecule has 1 aromatic rings. The molecule has 1 aromatic carbocycles. The van der Waals surface area contributed by atoms with E-state index < -0.39 is 40.8 Å². The van der Waals surface area contributed by atoms with E-state index in [4.69, 9.17) is 16.3 Å². The molecule has 9 heteroatoms. The molecule has 1 amide bonds. The van der Waals surface area contributed by atoms with Crippen molar-refractivity contribution < 1.29 is 24.4 Å². The topological polar surface area (TPSA) is 119 Å². The third-order valence-electron chi connectivity index (χ3n) is 3.90. The van der Waals surface area contributed by atoms with Crippen molar-refractivity contribution in [2.45, 2.75) is 12.2 Å². The molecule has 8 nitrogen and oxygen atoms in total. The van der Waals surface area contributed by atoms with Crippen molar-refractivity contribution in [2.24, 2.45) is 11.8 Å². The number of nitro benzene ring substituents is 1. The number of carboxylic acid groups (broad SMARTS) is 1. The van der Waals surface area contributed by atoms with Crippen LogP contribution in [0.3, 0.4) is 0 Å². The summed E-state index contributed by atoms with van der Waals surface area (Å²) in [4.78, 5) is 33.9. The molecule has 23 heavy (non-hydrogen) atoms. The number of amides is 1. The molecule has 0 radical (unpaired) electrons. The van der Waals surface area contributed by atoms with Gasteiger partial charge in [-0.25, -0.2) is 0 Å². The van der Waals surface area contributed by atoms with Crippen LogP contribution in [0, 0.1) is 22.0 Å². The lowest BCUT2D eigenvalue weighted by Crippen LogP contribution is -2.39. The summed E-state index contributed by atoms with van der Waals surface area (Å²) in [5, 5.41) is 22.6. The minimum Gasteiger partial charge on any atom is -0.481 e. The summed E-state index contributed by atoms with van der Waals surface area (Å²) in [5.41, 5.74) is -0.176. The van der Waals surface area contributed by atoms with Crippen LogP contribution in [0.1, 0.15) is 0 Å². The lowest BCUT2D eigenvalue weighted by molar-refractivity contribution is -0.384. The number of nitro groups is 1. The number of hydrogen-bond acceptors (Lipinski definition) is 5. The van der Waals surface area contributed by atoms with Crippen LogP contribution in [0.4, 0.5) is 11.4 Å². The molecule has 2 heterocycles. The summed E-state index contributed by atoms with van der Waals surface area (Å²) >= 11 is 5.71. The Morgan fingerprint density at radius 2 is 1.91 bits per heavy atom. The number of carbonyl (C=O) groups is 2. The normalized spacial score (nSPS) is 27.9. The van der Waals surface area contributed by atoms with E-state index in [1.54, 1.807) is 12.2 Å². The maximum Gasteiger partial charge on any atom is 0.310 e. The molecule has 2 bridgehead atoms. The van der Waals surface area contributed by atoms with Crippen molar-refractivity contribution in [1.82, 2.24) is 0 Å². The number of fused-ring (bicyclic) bond motifs is 2. The number of benzene rings is 1. The number of nitrogens with zero attached hydrogens (tertiary/aromatic N) is 1.